The minimum Gasteiger partial charge on any atom is -0.492 e. The second-order valence-corrected chi connectivity index (χ2v) is 6.52. The van der Waals surface area contributed by atoms with Crippen molar-refractivity contribution in [3.8, 4) is 5.75 Å². The van der Waals surface area contributed by atoms with Gasteiger partial charge in [-0.1, -0.05) is 18.2 Å². The average molecular weight is 372 g/mol. The number of benzene rings is 1. The zero-order valence-electron chi connectivity index (χ0n) is 15.1. The van der Waals surface area contributed by atoms with Gasteiger partial charge in [-0.25, -0.2) is 4.98 Å². The summed E-state index contributed by atoms with van der Waals surface area (Å²) >= 11 is 0. The summed E-state index contributed by atoms with van der Waals surface area (Å²) in [6.07, 6.45) is 4.61. The average Bonchev–Trinajstić information content (AvgIpc) is 2.67. The third-order valence-electron chi connectivity index (χ3n) is 4.57. The Morgan fingerprint density at radius 2 is 2.00 bits per heavy atom. The van der Waals surface area contributed by atoms with Crippen LogP contribution in [0.15, 0.2) is 47.5 Å². The molecule has 0 radical (unpaired) electrons. The molecule has 1 aromatic heterocycles. The largest absolute Gasteiger partial charge is 0.492 e. The van der Waals surface area contributed by atoms with Crippen LogP contribution in [0.4, 0.5) is 5.82 Å². The number of carboxylic acid groups (broad SMARTS) is 1. The predicted molar refractivity (Wildman–Crippen MR) is 101 cm³/mol. The number of rotatable bonds is 8. The van der Waals surface area contributed by atoms with Gasteiger partial charge in [0.05, 0.1) is 0 Å². The normalized spacial score (nSPS) is 15.4. The van der Waals surface area contributed by atoms with Crippen LogP contribution < -0.4 is 15.6 Å². The van der Waals surface area contributed by atoms with E-state index in [2.05, 4.69) is 15.2 Å². The molecule has 144 valence electrons. The minimum atomic E-state index is -1.06. The number of aliphatic carboxylic acids is 1. The minimum absolute atomic E-state index is 0.150. The van der Waals surface area contributed by atoms with Crippen LogP contribution in [0.25, 0.3) is 0 Å². The Bertz CT molecular complexity index is 801. The molecule has 2 N–H and O–H groups in total. The first-order chi connectivity index (χ1) is 13.1. The highest BCUT2D eigenvalue weighted by Crippen LogP contribution is 2.14. The van der Waals surface area contributed by atoms with E-state index in [1.807, 2.05) is 30.3 Å². The number of anilines is 1. The lowest BCUT2D eigenvalue weighted by atomic mass is 10.1. The van der Waals surface area contributed by atoms with Gasteiger partial charge in [0.1, 0.15) is 18.9 Å². The topological polar surface area (TPSA) is 96.7 Å². The third-order valence-corrected chi connectivity index (χ3v) is 4.57. The van der Waals surface area contributed by atoms with Crippen LogP contribution in [-0.2, 0) is 11.3 Å². The van der Waals surface area contributed by atoms with Crippen LogP contribution in [0.2, 0.25) is 0 Å². The Hall–Kier alpha value is -2.87. The number of aromatic nitrogens is 2. The van der Waals surface area contributed by atoms with Gasteiger partial charge < -0.3 is 15.2 Å². The molecule has 2 heterocycles. The first-order valence-electron chi connectivity index (χ1n) is 9.06. The molecule has 0 aliphatic carbocycles. The first-order valence-corrected chi connectivity index (χ1v) is 9.06. The van der Waals surface area contributed by atoms with Crippen LogP contribution in [0.3, 0.4) is 0 Å². The number of likely N-dealkylation sites (tertiary alicyclic amines) is 1. The van der Waals surface area contributed by atoms with Gasteiger partial charge in [0.15, 0.2) is 5.82 Å². The molecule has 8 nitrogen and oxygen atoms in total. The number of nitrogens with zero attached hydrogens (tertiary/aromatic N) is 3. The first kappa shape index (κ1) is 18.9. The molecule has 1 aromatic carbocycles. The molecular weight excluding hydrogens is 348 g/mol. The fourth-order valence-electron chi connectivity index (χ4n) is 3.12. The summed E-state index contributed by atoms with van der Waals surface area (Å²) < 4.78 is 6.88. The van der Waals surface area contributed by atoms with E-state index < -0.39 is 11.5 Å². The van der Waals surface area contributed by atoms with Gasteiger partial charge in [0.25, 0.3) is 5.56 Å². The predicted octanol–water partition coefficient (Wildman–Crippen LogP) is 1.28. The van der Waals surface area contributed by atoms with Gasteiger partial charge in [-0.3, -0.25) is 19.1 Å². The van der Waals surface area contributed by atoms with Crippen molar-refractivity contribution in [2.75, 3.05) is 31.6 Å². The van der Waals surface area contributed by atoms with Crippen LogP contribution in [0, 0.1) is 0 Å². The van der Waals surface area contributed by atoms with E-state index in [0.29, 0.717) is 6.61 Å². The summed E-state index contributed by atoms with van der Waals surface area (Å²) in [6, 6.07) is 9.91. The number of carboxylic acids is 1. The lowest BCUT2D eigenvalue weighted by Crippen LogP contribution is -2.42. The molecule has 0 unspecified atom stereocenters. The maximum atomic E-state index is 12.3. The van der Waals surface area contributed by atoms with E-state index in [4.69, 9.17) is 9.84 Å². The lowest BCUT2D eigenvalue weighted by molar-refractivity contribution is -0.137. The zero-order valence-corrected chi connectivity index (χ0v) is 15.1. The van der Waals surface area contributed by atoms with Crippen molar-refractivity contribution in [2.45, 2.75) is 25.4 Å². The van der Waals surface area contributed by atoms with Gasteiger partial charge in [0, 0.05) is 38.1 Å². The van der Waals surface area contributed by atoms with Crippen LogP contribution in [0.5, 0.6) is 5.75 Å². The fourth-order valence-corrected chi connectivity index (χ4v) is 3.12. The second-order valence-electron chi connectivity index (χ2n) is 6.52. The Balaban J connectivity index is 1.44. The summed E-state index contributed by atoms with van der Waals surface area (Å²) in [4.78, 5) is 29.5. The Kier molecular flexibility index (Phi) is 6.43. The van der Waals surface area contributed by atoms with E-state index in [1.54, 1.807) is 0 Å². The van der Waals surface area contributed by atoms with Crippen molar-refractivity contribution in [1.29, 1.82) is 0 Å². The molecule has 0 amide bonds. The Labute approximate surface area is 157 Å². The van der Waals surface area contributed by atoms with Crippen molar-refractivity contribution in [3.63, 3.8) is 0 Å². The molecular formula is C19H24N4O4. The number of piperidine rings is 1. The summed E-state index contributed by atoms with van der Waals surface area (Å²) in [7, 11) is 0. The maximum absolute atomic E-state index is 12.3. The molecule has 1 aliphatic rings. The molecule has 1 aliphatic heterocycles. The molecule has 3 rings (SSSR count). The molecule has 1 fully saturated rings. The lowest BCUT2D eigenvalue weighted by Gasteiger charge is -2.32. The van der Waals surface area contributed by atoms with Crippen molar-refractivity contribution in [3.05, 3.63) is 53.1 Å². The van der Waals surface area contributed by atoms with Crippen molar-refractivity contribution >= 4 is 11.8 Å². The van der Waals surface area contributed by atoms with E-state index >= 15 is 0 Å². The Morgan fingerprint density at radius 1 is 1.26 bits per heavy atom. The monoisotopic (exact) mass is 372 g/mol. The highest BCUT2D eigenvalue weighted by molar-refractivity contribution is 5.66. The molecule has 8 heteroatoms. The van der Waals surface area contributed by atoms with Crippen molar-refractivity contribution < 1.29 is 14.6 Å². The number of para-hydroxylation sites is 1. The zero-order chi connectivity index (χ0) is 19.1. The smallest absolute Gasteiger partial charge is 0.323 e. The molecule has 27 heavy (non-hydrogen) atoms. The Morgan fingerprint density at radius 3 is 2.70 bits per heavy atom. The summed E-state index contributed by atoms with van der Waals surface area (Å²) in [5, 5.41) is 12.0. The number of carbonyl (C=O) groups is 1. The number of hydrogen-bond donors (Lipinski definition) is 2. The molecule has 0 atom stereocenters. The van der Waals surface area contributed by atoms with Gasteiger partial charge in [0.2, 0.25) is 0 Å². The summed E-state index contributed by atoms with van der Waals surface area (Å²) in [5.41, 5.74) is -0.404. The van der Waals surface area contributed by atoms with E-state index in [9.17, 15) is 9.59 Å². The molecule has 2 aromatic rings. The number of ether oxygens (including phenoxy) is 1. The molecule has 1 saturated heterocycles. The highest BCUT2D eigenvalue weighted by atomic mass is 16.5. The summed E-state index contributed by atoms with van der Waals surface area (Å²) in [5.74, 6) is 0.0340. The van der Waals surface area contributed by atoms with E-state index in [-0.39, 0.29) is 18.4 Å². The number of hydrogen-bond acceptors (Lipinski definition) is 6. The van der Waals surface area contributed by atoms with Gasteiger partial charge in [-0.15, -0.1) is 0 Å². The molecule has 0 bridgehead atoms. The van der Waals surface area contributed by atoms with Crippen molar-refractivity contribution in [2.24, 2.45) is 0 Å². The van der Waals surface area contributed by atoms with Crippen LogP contribution >= 0.6 is 0 Å². The second kappa shape index (κ2) is 9.18. The van der Waals surface area contributed by atoms with E-state index in [0.717, 1.165) is 42.8 Å². The van der Waals surface area contributed by atoms with Crippen LogP contribution in [0.1, 0.15) is 12.8 Å². The quantitative estimate of drug-likeness (QED) is 0.720. The van der Waals surface area contributed by atoms with Gasteiger partial charge in [-0.2, -0.15) is 0 Å². The fraction of sp³-hybridized carbons (Fsp3) is 0.421. The third kappa shape index (κ3) is 5.55. The van der Waals surface area contributed by atoms with E-state index in [1.165, 1.54) is 12.4 Å². The SMILES string of the molecule is O=C(O)Cn1ccnc(NC2CCN(CCOc3ccccc3)CC2)c1=O. The summed E-state index contributed by atoms with van der Waals surface area (Å²) in [6.45, 7) is 2.95. The number of nitrogens with one attached hydrogen (secondary N) is 1. The highest BCUT2D eigenvalue weighted by Gasteiger charge is 2.20. The molecule has 0 spiro atoms. The maximum Gasteiger partial charge on any atom is 0.323 e. The van der Waals surface area contributed by atoms with Gasteiger partial charge >= 0.3 is 5.97 Å². The standard InChI is InChI=1S/C19H24N4O4/c24-17(25)14-23-11-8-20-18(19(23)26)21-15-6-9-22(10-7-15)12-13-27-16-4-2-1-3-5-16/h1-5,8,11,15H,6-7,9-10,12-14H2,(H,20,21)(H,24,25). The van der Waals surface area contributed by atoms with Crippen molar-refractivity contribution in [1.82, 2.24) is 14.5 Å². The van der Waals surface area contributed by atoms with Crippen LogP contribution in [-0.4, -0.2) is 57.8 Å². The van der Waals surface area contributed by atoms with Gasteiger partial charge in [-0.05, 0) is 25.0 Å². The molecule has 0 saturated carbocycles.